The fourth-order valence-electron chi connectivity index (χ4n) is 5.04. The molecule has 5 nitrogen and oxygen atoms in total. The Balaban J connectivity index is 1.34. The van der Waals surface area contributed by atoms with Crippen LogP contribution in [0.3, 0.4) is 0 Å². The number of carbonyl (C=O) groups is 2. The number of carboxylic acid groups (broad SMARTS) is 1. The monoisotopic (exact) mass is 491 g/mol. The number of fused-ring (bicyclic) bond motifs is 3. The third-order valence-electron chi connectivity index (χ3n) is 6.52. The van der Waals surface area contributed by atoms with E-state index in [2.05, 4.69) is 40.2 Å². The summed E-state index contributed by atoms with van der Waals surface area (Å²) in [6.07, 6.45) is 0.0156. The highest BCUT2D eigenvalue weighted by atomic mass is 79.9. The summed E-state index contributed by atoms with van der Waals surface area (Å²) in [7, 11) is 0. The number of rotatable bonds is 4. The van der Waals surface area contributed by atoms with Crippen LogP contribution in [0.25, 0.3) is 11.1 Å². The van der Waals surface area contributed by atoms with Crippen LogP contribution in [0, 0.1) is 0 Å². The normalized spacial score (nSPS) is 19.5. The van der Waals surface area contributed by atoms with Gasteiger partial charge in [-0.2, -0.15) is 0 Å². The van der Waals surface area contributed by atoms with E-state index in [0.717, 1.165) is 32.3 Å². The lowest BCUT2D eigenvalue weighted by molar-refractivity contribution is -0.142. The van der Waals surface area contributed by atoms with Gasteiger partial charge in [0, 0.05) is 22.9 Å². The number of nitrogens with zero attached hydrogens (tertiary/aromatic N) is 1. The lowest BCUT2D eigenvalue weighted by Crippen LogP contribution is -2.43. The molecule has 3 aromatic carbocycles. The number of carboxylic acids is 1. The quantitative estimate of drug-likeness (QED) is 0.512. The zero-order chi connectivity index (χ0) is 22.2. The van der Waals surface area contributed by atoms with Crippen molar-refractivity contribution in [1.82, 2.24) is 4.90 Å². The highest BCUT2D eigenvalue weighted by Crippen LogP contribution is 2.44. The molecule has 1 aliphatic heterocycles. The predicted octanol–water partition coefficient (Wildman–Crippen LogP) is 5.64. The minimum Gasteiger partial charge on any atom is -0.480 e. The maximum Gasteiger partial charge on any atom is 0.410 e. The number of halogens is 1. The molecule has 2 aliphatic rings. The Morgan fingerprint density at radius 1 is 0.938 bits per heavy atom. The molecule has 32 heavy (non-hydrogen) atoms. The van der Waals surface area contributed by atoms with Gasteiger partial charge in [0.15, 0.2) is 0 Å². The number of likely N-dealkylation sites (tertiary alicyclic amines) is 1. The van der Waals surface area contributed by atoms with Crippen molar-refractivity contribution in [2.24, 2.45) is 0 Å². The van der Waals surface area contributed by atoms with Gasteiger partial charge in [0.1, 0.15) is 12.6 Å². The standard InChI is InChI=1S/C26H22BrNO4/c27-17-11-9-16(10-12-17)18-13-14-28(24(18)25(29)30)26(31)32-15-23-21-7-3-1-5-19(21)20-6-2-4-8-22(20)23/h1-12,18,23-24H,13-15H2,(H,29,30)/t18-,24+/m1/s1. The van der Waals surface area contributed by atoms with E-state index in [-0.39, 0.29) is 18.4 Å². The highest BCUT2D eigenvalue weighted by molar-refractivity contribution is 9.10. The molecule has 1 heterocycles. The largest absolute Gasteiger partial charge is 0.480 e. The molecule has 6 heteroatoms. The van der Waals surface area contributed by atoms with Crippen LogP contribution < -0.4 is 0 Å². The Hall–Kier alpha value is -3.12. The fraction of sp³-hybridized carbons (Fsp3) is 0.231. The van der Waals surface area contributed by atoms with Crippen LogP contribution in [0.4, 0.5) is 4.79 Å². The summed E-state index contributed by atoms with van der Waals surface area (Å²) in [6, 6.07) is 23.0. The lowest BCUT2D eigenvalue weighted by Gasteiger charge is -2.25. The molecule has 0 aromatic heterocycles. The van der Waals surface area contributed by atoms with Crippen molar-refractivity contribution in [3.63, 3.8) is 0 Å². The van der Waals surface area contributed by atoms with Gasteiger partial charge < -0.3 is 9.84 Å². The van der Waals surface area contributed by atoms with Gasteiger partial charge in [-0.3, -0.25) is 4.90 Å². The molecule has 0 radical (unpaired) electrons. The number of hydrogen-bond donors (Lipinski definition) is 1. The van der Waals surface area contributed by atoms with Gasteiger partial charge in [0.2, 0.25) is 0 Å². The Kier molecular flexibility index (Phi) is 5.47. The third kappa shape index (κ3) is 3.58. The van der Waals surface area contributed by atoms with Gasteiger partial charge in [0.25, 0.3) is 0 Å². The molecule has 1 fully saturated rings. The van der Waals surface area contributed by atoms with Gasteiger partial charge in [-0.25, -0.2) is 9.59 Å². The summed E-state index contributed by atoms with van der Waals surface area (Å²) in [5, 5.41) is 9.90. The van der Waals surface area contributed by atoms with Crippen molar-refractivity contribution >= 4 is 28.0 Å². The topological polar surface area (TPSA) is 66.8 Å². The molecule has 5 rings (SSSR count). The number of carbonyl (C=O) groups excluding carboxylic acids is 1. The average molecular weight is 492 g/mol. The molecule has 3 aromatic rings. The average Bonchev–Trinajstić information content (AvgIpc) is 3.38. The first-order valence-corrected chi connectivity index (χ1v) is 11.4. The van der Waals surface area contributed by atoms with Crippen molar-refractivity contribution in [2.75, 3.05) is 13.2 Å². The lowest BCUT2D eigenvalue weighted by atomic mass is 9.92. The smallest absolute Gasteiger partial charge is 0.410 e. The van der Waals surface area contributed by atoms with E-state index >= 15 is 0 Å². The van der Waals surface area contributed by atoms with E-state index in [1.54, 1.807) is 0 Å². The Bertz CT molecular complexity index is 1130. The minimum atomic E-state index is -1.01. The number of benzene rings is 3. The summed E-state index contributed by atoms with van der Waals surface area (Å²) < 4.78 is 6.65. The molecule has 0 spiro atoms. The molecule has 0 unspecified atom stereocenters. The third-order valence-corrected chi connectivity index (χ3v) is 7.05. The van der Waals surface area contributed by atoms with Gasteiger partial charge in [-0.05, 0) is 46.4 Å². The van der Waals surface area contributed by atoms with E-state index in [1.165, 1.54) is 4.90 Å². The van der Waals surface area contributed by atoms with Crippen molar-refractivity contribution in [3.05, 3.63) is 94.0 Å². The first-order valence-electron chi connectivity index (χ1n) is 10.6. The van der Waals surface area contributed by atoms with Crippen molar-refractivity contribution in [1.29, 1.82) is 0 Å². The van der Waals surface area contributed by atoms with Crippen molar-refractivity contribution < 1.29 is 19.4 Å². The maximum atomic E-state index is 13.0. The van der Waals surface area contributed by atoms with Crippen LogP contribution >= 0.6 is 15.9 Å². The molecular weight excluding hydrogens is 470 g/mol. The molecule has 162 valence electrons. The second-order valence-corrected chi connectivity index (χ2v) is 9.14. The Morgan fingerprint density at radius 2 is 1.53 bits per heavy atom. The SMILES string of the molecule is O=C(O)[C@@H]1[C@@H](c2ccc(Br)cc2)CCN1C(=O)OCC1c2ccccc2-c2ccccc21. The van der Waals surface area contributed by atoms with Crippen LogP contribution in [0.1, 0.15) is 34.9 Å². The molecule has 1 saturated heterocycles. The Morgan fingerprint density at radius 3 is 2.12 bits per heavy atom. The molecule has 1 amide bonds. The van der Waals surface area contributed by atoms with Gasteiger partial charge in [-0.15, -0.1) is 0 Å². The Labute approximate surface area is 194 Å². The van der Waals surface area contributed by atoms with E-state index in [0.29, 0.717) is 13.0 Å². The summed E-state index contributed by atoms with van der Waals surface area (Å²) in [5.74, 6) is -1.33. The molecule has 0 saturated carbocycles. The van der Waals surface area contributed by atoms with Crippen LogP contribution in [0.2, 0.25) is 0 Å². The number of hydrogen-bond acceptors (Lipinski definition) is 3. The first-order chi connectivity index (χ1) is 15.5. The first kappa shape index (κ1) is 20.8. The molecule has 1 aliphatic carbocycles. The predicted molar refractivity (Wildman–Crippen MR) is 125 cm³/mol. The zero-order valence-corrected chi connectivity index (χ0v) is 18.9. The highest BCUT2D eigenvalue weighted by Gasteiger charge is 2.43. The molecule has 2 atom stereocenters. The fourth-order valence-corrected chi connectivity index (χ4v) is 5.30. The van der Waals surface area contributed by atoms with Gasteiger partial charge in [0.05, 0.1) is 0 Å². The van der Waals surface area contributed by atoms with Crippen LogP contribution in [0.15, 0.2) is 77.3 Å². The van der Waals surface area contributed by atoms with Crippen molar-refractivity contribution in [2.45, 2.75) is 24.3 Å². The minimum absolute atomic E-state index is 0.0560. The molecule has 1 N–H and O–H groups in total. The maximum absolute atomic E-state index is 13.0. The summed E-state index contributed by atoms with van der Waals surface area (Å²) in [6.45, 7) is 0.535. The summed E-state index contributed by atoms with van der Waals surface area (Å²) >= 11 is 3.41. The second kappa shape index (κ2) is 8.43. The van der Waals surface area contributed by atoms with Crippen LogP contribution in [0.5, 0.6) is 0 Å². The van der Waals surface area contributed by atoms with E-state index < -0.39 is 18.1 Å². The summed E-state index contributed by atoms with van der Waals surface area (Å²) in [5.41, 5.74) is 5.48. The van der Waals surface area contributed by atoms with Crippen LogP contribution in [-0.4, -0.2) is 41.3 Å². The molecule has 0 bridgehead atoms. The van der Waals surface area contributed by atoms with E-state index in [1.807, 2.05) is 48.5 Å². The van der Waals surface area contributed by atoms with Gasteiger partial charge in [-0.1, -0.05) is 76.6 Å². The number of ether oxygens (including phenoxy) is 1. The summed E-state index contributed by atoms with van der Waals surface area (Å²) in [4.78, 5) is 26.5. The van der Waals surface area contributed by atoms with E-state index in [4.69, 9.17) is 4.74 Å². The zero-order valence-electron chi connectivity index (χ0n) is 17.3. The van der Waals surface area contributed by atoms with E-state index in [9.17, 15) is 14.7 Å². The van der Waals surface area contributed by atoms with Gasteiger partial charge >= 0.3 is 12.1 Å². The molecular formula is C26H22BrNO4. The number of aliphatic carboxylic acids is 1. The van der Waals surface area contributed by atoms with Crippen molar-refractivity contribution in [3.8, 4) is 11.1 Å². The number of amides is 1. The van der Waals surface area contributed by atoms with Crippen LogP contribution in [-0.2, 0) is 9.53 Å². The second-order valence-electron chi connectivity index (χ2n) is 8.23.